The monoisotopic (exact) mass is 371 g/mol. The molecule has 4 rings (SSSR count). The minimum absolute atomic E-state index is 0.0966. The average Bonchev–Trinajstić information content (AvgIpc) is 3.05. The lowest BCUT2D eigenvalue weighted by Crippen LogP contribution is -2.32. The van der Waals surface area contributed by atoms with E-state index in [0.29, 0.717) is 10.7 Å². The number of carbonyl (C=O) groups is 2. The van der Waals surface area contributed by atoms with Crippen molar-refractivity contribution in [3.63, 3.8) is 0 Å². The second-order valence-corrected chi connectivity index (χ2v) is 7.41. The Labute approximate surface area is 153 Å². The van der Waals surface area contributed by atoms with E-state index in [0.717, 1.165) is 21.5 Å². The molecule has 0 radical (unpaired) electrons. The molecule has 0 spiro atoms. The molecule has 1 aliphatic rings. The molecule has 2 amide bonds. The van der Waals surface area contributed by atoms with Crippen LogP contribution in [0.3, 0.4) is 0 Å². The standard InChI is InChI=1S/C18H14ClN3O2S/c19-10-4-5-15-14(8-10)22-18(24)16(25-15)9-17(23)21-13-3-1-2-12-11(13)6-7-20-12/h1-8,16,20H,9H2,(H,21,23)(H,22,24). The minimum atomic E-state index is -0.473. The van der Waals surface area contributed by atoms with Gasteiger partial charge in [-0.25, -0.2) is 0 Å². The van der Waals surface area contributed by atoms with Gasteiger partial charge in [-0.15, -0.1) is 11.8 Å². The van der Waals surface area contributed by atoms with Gasteiger partial charge in [0.05, 0.1) is 16.6 Å². The van der Waals surface area contributed by atoms with E-state index in [1.165, 1.54) is 11.8 Å². The van der Waals surface area contributed by atoms with Crippen molar-refractivity contribution in [2.45, 2.75) is 16.6 Å². The molecule has 3 N–H and O–H groups in total. The molecule has 0 aliphatic carbocycles. The van der Waals surface area contributed by atoms with Crippen molar-refractivity contribution in [1.82, 2.24) is 4.98 Å². The summed E-state index contributed by atoms with van der Waals surface area (Å²) < 4.78 is 0. The molecular weight excluding hydrogens is 358 g/mol. The number of anilines is 2. The Balaban J connectivity index is 1.48. The average molecular weight is 372 g/mol. The molecule has 0 saturated carbocycles. The van der Waals surface area contributed by atoms with Gasteiger partial charge < -0.3 is 15.6 Å². The number of rotatable bonds is 3. The Morgan fingerprint density at radius 3 is 3.00 bits per heavy atom. The maximum absolute atomic E-state index is 12.4. The number of hydrogen-bond acceptors (Lipinski definition) is 3. The number of aromatic amines is 1. The van der Waals surface area contributed by atoms with E-state index < -0.39 is 5.25 Å². The lowest BCUT2D eigenvalue weighted by molar-refractivity contribution is -0.120. The zero-order valence-electron chi connectivity index (χ0n) is 13.0. The van der Waals surface area contributed by atoms with Gasteiger partial charge in [-0.05, 0) is 36.4 Å². The van der Waals surface area contributed by atoms with Gasteiger partial charge in [0.15, 0.2) is 0 Å². The lowest BCUT2D eigenvalue weighted by atomic mass is 10.2. The second kappa shape index (κ2) is 6.46. The first-order chi connectivity index (χ1) is 12.1. The molecule has 0 saturated heterocycles. The van der Waals surface area contributed by atoms with Gasteiger partial charge in [0, 0.05) is 33.4 Å². The van der Waals surface area contributed by atoms with Crippen LogP contribution in [0.25, 0.3) is 10.9 Å². The molecule has 2 aromatic carbocycles. The van der Waals surface area contributed by atoms with Crippen LogP contribution < -0.4 is 10.6 Å². The maximum atomic E-state index is 12.4. The molecule has 3 aromatic rings. The zero-order valence-corrected chi connectivity index (χ0v) is 14.6. The molecular formula is C18H14ClN3O2S. The highest BCUT2D eigenvalue weighted by Gasteiger charge is 2.29. The number of nitrogens with one attached hydrogen (secondary N) is 3. The number of benzene rings is 2. The molecule has 126 valence electrons. The Bertz CT molecular complexity index is 985. The van der Waals surface area contributed by atoms with E-state index in [-0.39, 0.29) is 18.2 Å². The number of thioether (sulfide) groups is 1. The van der Waals surface area contributed by atoms with E-state index in [1.807, 2.05) is 36.5 Å². The van der Waals surface area contributed by atoms with E-state index in [9.17, 15) is 9.59 Å². The van der Waals surface area contributed by atoms with Crippen LogP contribution in [0, 0.1) is 0 Å². The summed E-state index contributed by atoms with van der Waals surface area (Å²) in [5.74, 6) is -0.381. The summed E-state index contributed by atoms with van der Waals surface area (Å²) in [6.45, 7) is 0. The normalized spacial score (nSPS) is 16.4. The number of aromatic nitrogens is 1. The number of fused-ring (bicyclic) bond motifs is 2. The predicted molar refractivity (Wildman–Crippen MR) is 101 cm³/mol. The van der Waals surface area contributed by atoms with E-state index >= 15 is 0 Å². The van der Waals surface area contributed by atoms with Gasteiger partial charge in [-0.1, -0.05) is 17.7 Å². The summed E-state index contributed by atoms with van der Waals surface area (Å²) in [7, 11) is 0. The van der Waals surface area contributed by atoms with Crippen LogP contribution in [-0.2, 0) is 9.59 Å². The molecule has 2 heterocycles. The smallest absolute Gasteiger partial charge is 0.238 e. The number of amides is 2. The van der Waals surface area contributed by atoms with Crippen molar-refractivity contribution in [3.8, 4) is 0 Å². The fourth-order valence-corrected chi connectivity index (χ4v) is 4.08. The Kier molecular flexibility index (Phi) is 4.15. The third kappa shape index (κ3) is 3.23. The first-order valence-electron chi connectivity index (χ1n) is 7.73. The minimum Gasteiger partial charge on any atom is -0.361 e. The highest BCUT2D eigenvalue weighted by atomic mass is 35.5. The molecule has 1 aromatic heterocycles. The van der Waals surface area contributed by atoms with Crippen LogP contribution in [0.15, 0.2) is 53.6 Å². The summed E-state index contributed by atoms with van der Waals surface area (Å²) in [5.41, 5.74) is 2.38. The largest absolute Gasteiger partial charge is 0.361 e. The zero-order chi connectivity index (χ0) is 17.4. The summed E-state index contributed by atoms with van der Waals surface area (Å²) >= 11 is 7.33. The van der Waals surface area contributed by atoms with Crippen LogP contribution in [-0.4, -0.2) is 22.0 Å². The summed E-state index contributed by atoms with van der Waals surface area (Å²) in [6, 6.07) is 12.9. The number of carbonyl (C=O) groups excluding carboxylic acids is 2. The fraction of sp³-hybridized carbons (Fsp3) is 0.111. The highest BCUT2D eigenvalue weighted by Crippen LogP contribution is 2.38. The molecule has 25 heavy (non-hydrogen) atoms. The fourth-order valence-electron chi connectivity index (χ4n) is 2.82. The van der Waals surface area contributed by atoms with Crippen LogP contribution >= 0.6 is 23.4 Å². The second-order valence-electron chi connectivity index (χ2n) is 5.73. The topological polar surface area (TPSA) is 74.0 Å². The van der Waals surface area contributed by atoms with Crippen molar-refractivity contribution >= 4 is 57.5 Å². The van der Waals surface area contributed by atoms with Crippen LogP contribution in [0.1, 0.15) is 6.42 Å². The quantitative estimate of drug-likeness (QED) is 0.644. The Morgan fingerprint density at radius 1 is 1.24 bits per heavy atom. The summed E-state index contributed by atoms with van der Waals surface area (Å²) in [6.07, 6.45) is 1.92. The van der Waals surface area contributed by atoms with Gasteiger partial charge in [0.1, 0.15) is 0 Å². The molecule has 0 fully saturated rings. The molecule has 1 unspecified atom stereocenters. The highest BCUT2D eigenvalue weighted by molar-refractivity contribution is 8.01. The first-order valence-corrected chi connectivity index (χ1v) is 8.99. The van der Waals surface area contributed by atoms with Gasteiger partial charge >= 0.3 is 0 Å². The van der Waals surface area contributed by atoms with E-state index in [2.05, 4.69) is 15.6 Å². The van der Waals surface area contributed by atoms with Crippen molar-refractivity contribution in [2.75, 3.05) is 10.6 Å². The van der Waals surface area contributed by atoms with Gasteiger partial charge in [-0.3, -0.25) is 9.59 Å². The van der Waals surface area contributed by atoms with Crippen molar-refractivity contribution in [1.29, 1.82) is 0 Å². The number of halogens is 1. The first kappa shape index (κ1) is 16.1. The van der Waals surface area contributed by atoms with Crippen LogP contribution in [0.4, 0.5) is 11.4 Å². The molecule has 1 atom stereocenters. The molecule has 7 heteroatoms. The van der Waals surface area contributed by atoms with Gasteiger partial charge in [0.25, 0.3) is 0 Å². The Morgan fingerprint density at radius 2 is 2.12 bits per heavy atom. The van der Waals surface area contributed by atoms with Crippen LogP contribution in [0.2, 0.25) is 5.02 Å². The van der Waals surface area contributed by atoms with E-state index in [4.69, 9.17) is 11.6 Å². The number of hydrogen-bond donors (Lipinski definition) is 3. The maximum Gasteiger partial charge on any atom is 0.238 e. The van der Waals surface area contributed by atoms with Gasteiger partial charge in [-0.2, -0.15) is 0 Å². The third-order valence-electron chi connectivity index (χ3n) is 4.00. The third-order valence-corrected chi connectivity index (χ3v) is 5.51. The summed E-state index contributed by atoms with van der Waals surface area (Å²) in [4.78, 5) is 28.7. The lowest BCUT2D eigenvalue weighted by Gasteiger charge is -2.23. The molecule has 0 bridgehead atoms. The summed E-state index contributed by atoms with van der Waals surface area (Å²) in [5, 5.41) is 6.75. The van der Waals surface area contributed by atoms with Crippen molar-refractivity contribution in [3.05, 3.63) is 53.7 Å². The van der Waals surface area contributed by atoms with Crippen LogP contribution in [0.5, 0.6) is 0 Å². The molecule has 5 nitrogen and oxygen atoms in total. The molecule has 1 aliphatic heterocycles. The number of H-pyrrole nitrogens is 1. The van der Waals surface area contributed by atoms with E-state index in [1.54, 1.807) is 12.1 Å². The van der Waals surface area contributed by atoms with Crippen molar-refractivity contribution in [2.24, 2.45) is 0 Å². The Hall–Kier alpha value is -2.44. The predicted octanol–water partition coefficient (Wildman–Crippen LogP) is 4.26. The van der Waals surface area contributed by atoms with Crippen molar-refractivity contribution < 1.29 is 9.59 Å². The SMILES string of the molecule is O=C(CC1Sc2ccc(Cl)cc2NC1=O)Nc1cccc2[nH]ccc12. The van der Waals surface area contributed by atoms with Gasteiger partial charge in [0.2, 0.25) is 11.8 Å².